The number of aliphatic hydroxyl groups excluding tert-OH is 9. The lowest BCUT2D eigenvalue weighted by atomic mass is 9.79. The van der Waals surface area contributed by atoms with Crippen molar-refractivity contribution >= 4 is 0 Å². The SMILES string of the molecule is OC[C@@H](O)[C@@H](O)[C@H](O)[C@](O)(CO)C1O[C@H](CO)[C@@H](O)[C@H](O)[C@@H]1O. The Kier molecular flexibility index (Phi) is 7.25. The van der Waals surface area contributed by atoms with Crippen molar-refractivity contribution in [2.45, 2.75) is 54.4 Å². The Labute approximate surface area is 131 Å². The first-order valence-corrected chi connectivity index (χ1v) is 6.94. The molecule has 1 heterocycles. The standard InChI is InChI=1S/C12H24O11/c13-1-4(16)6(17)10(21)12(22,3-15)11-9(20)8(19)7(18)5(2-14)23-11/h4-11,13-22H,1-3H2/t4-,5-,6-,7-,8+,9+,10+,11?,12-/m1/s1. The second-order valence-electron chi connectivity index (χ2n) is 5.58. The zero-order valence-electron chi connectivity index (χ0n) is 12.1. The lowest BCUT2D eigenvalue weighted by molar-refractivity contribution is -0.300. The first-order valence-electron chi connectivity index (χ1n) is 6.94. The second kappa shape index (κ2) is 8.09. The molecule has 0 aromatic carbocycles. The molecule has 0 bridgehead atoms. The molecule has 138 valence electrons. The molecule has 1 saturated heterocycles. The van der Waals surface area contributed by atoms with Crippen LogP contribution in [0.2, 0.25) is 0 Å². The molecule has 11 heteroatoms. The predicted molar refractivity (Wildman–Crippen MR) is 70.9 cm³/mol. The maximum Gasteiger partial charge on any atom is 0.145 e. The summed E-state index contributed by atoms with van der Waals surface area (Å²) in [5.74, 6) is 0. The predicted octanol–water partition coefficient (Wildman–Crippen LogP) is -6.37. The van der Waals surface area contributed by atoms with Crippen LogP contribution < -0.4 is 0 Å². The van der Waals surface area contributed by atoms with Gasteiger partial charge in [-0.2, -0.15) is 0 Å². The van der Waals surface area contributed by atoms with Gasteiger partial charge in [-0.1, -0.05) is 0 Å². The van der Waals surface area contributed by atoms with E-state index >= 15 is 0 Å². The van der Waals surface area contributed by atoms with Crippen molar-refractivity contribution in [3.63, 3.8) is 0 Å². The molecular formula is C12H24O11. The van der Waals surface area contributed by atoms with Crippen LogP contribution in [0.25, 0.3) is 0 Å². The highest BCUT2D eigenvalue weighted by Crippen LogP contribution is 2.32. The molecule has 1 aliphatic rings. The molecule has 1 aliphatic heterocycles. The van der Waals surface area contributed by atoms with Crippen molar-refractivity contribution in [3.8, 4) is 0 Å². The fourth-order valence-electron chi connectivity index (χ4n) is 2.48. The lowest BCUT2D eigenvalue weighted by Gasteiger charge is -2.48. The van der Waals surface area contributed by atoms with Crippen LogP contribution in [0.5, 0.6) is 0 Å². The van der Waals surface area contributed by atoms with E-state index in [9.17, 15) is 40.9 Å². The van der Waals surface area contributed by atoms with Gasteiger partial charge in [-0.3, -0.25) is 0 Å². The minimum atomic E-state index is -2.77. The van der Waals surface area contributed by atoms with Gasteiger partial charge in [-0.05, 0) is 0 Å². The molecule has 9 atom stereocenters. The van der Waals surface area contributed by atoms with Crippen LogP contribution in [0.15, 0.2) is 0 Å². The monoisotopic (exact) mass is 344 g/mol. The third-order valence-corrected chi connectivity index (χ3v) is 4.06. The van der Waals surface area contributed by atoms with Gasteiger partial charge in [0.1, 0.15) is 54.4 Å². The summed E-state index contributed by atoms with van der Waals surface area (Å²) in [6, 6.07) is 0. The van der Waals surface area contributed by atoms with Crippen LogP contribution in [0, 0.1) is 0 Å². The summed E-state index contributed by atoms with van der Waals surface area (Å²) < 4.78 is 5.04. The van der Waals surface area contributed by atoms with E-state index in [-0.39, 0.29) is 0 Å². The van der Waals surface area contributed by atoms with Crippen molar-refractivity contribution in [1.29, 1.82) is 0 Å². The summed E-state index contributed by atoms with van der Waals surface area (Å²) in [4.78, 5) is 0. The third-order valence-electron chi connectivity index (χ3n) is 4.06. The Bertz CT molecular complexity index is 367. The van der Waals surface area contributed by atoms with E-state index < -0.39 is 74.3 Å². The highest BCUT2D eigenvalue weighted by Gasteiger charge is 2.57. The van der Waals surface area contributed by atoms with Crippen LogP contribution in [-0.2, 0) is 4.74 Å². The van der Waals surface area contributed by atoms with Gasteiger partial charge in [0, 0.05) is 0 Å². The highest BCUT2D eigenvalue weighted by atomic mass is 16.6. The lowest BCUT2D eigenvalue weighted by Crippen LogP contribution is -2.71. The van der Waals surface area contributed by atoms with Crippen LogP contribution in [-0.4, -0.2) is 125 Å². The molecular weight excluding hydrogens is 320 g/mol. The number of hydrogen-bond donors (Lipinski definition) is 10. The number of aliphatic hydroxyl groups is 10. The molecule has 0 aromatic heterocycles. The molecule has 10 N–H and O–H groups in total. The molecule has 23 heavy (non-hydrogen) atoms. The summed E-state index contributed by atoms with van der Waals surface area (Å²) in [5.41, 5.74) is -2.77. The Morgan fingerprint density at radius 1 is 0.913 bits per heavy atom. The normalized spacial score (nSPS) is 38.6. The zero-order chi connectivity index (χ0) is 17.9. The largest absolute Gasteiger partial charge is 0.394 e. The fourth-order valence-corrected chi connectivity index (χ4v) is 2.48. The van der Waals surface area contributed by atoms with Gasteiger partial charge >= 0.3 is 0 Å². The highest BCUT2D eigenvalue weighted by molar-refractivity contribution is 5.06. The van der Waals surface area contributed by atoms with Gasteiger partial charge in [0.2, 0.25) is 0 Å². The van der Waals surface area contributed by atoms with Crippen molar-refractivity contribution in [3.05, 3.63) is 0 Å². The fraction of sp³-hybridized carbons (Fsp3) is 1.00. The molecule has 1 rings (SSSR count). The van der Waals surface area contributed by atoms with Crippen LogP contribution in [0.4, 0.5) is 0 Å². The topological polar surface area (TPSA) is 212 Å². The Morgan fingerprint density at radius 2 is 1.48 bits per heavy atom. The molecule has 1 unspecified atom stereocenters. The average molecular weight is 344 g/mol. The summed E-state index contributed by atoms with van der Waals surface area (Å²) in [6.07, 6.45) is -15.2. The van der Waals surface area contributed by atoms with Gasteiger partial charge in [0.25, 0.3) is 0 Å². The van der Waals surface area contributed by atoms with Crippen molar-refractivity contribution < 1.29 is 55.8 Å². The molecule has 0 saturated carbocycles. The quantitative estimate of drug-likeness (QED) is 0.210. The van der Waals surface area contributed by atoms with Gasteiger partial charge in [-0.25, -0.2) is 0 Å². The van der Waals surface area contributed by atoms with Crippen molar-refractivity contribution in [2.75, 3.05) is 19.8 Å². The van der Waals surface area contributed by atoms with Crippen LogP contribution in [0.3, 0.4) is 0 Å². The molecule has 1 fully saturated rings. The van der Waals surface area contributed by atoms with E-state index in [0.717, 1.165) is 0 Å². The van der Waals surface area contributed by atoms with Crippen LogP contribution >= 0.6 is 0 Å². The van der Waals surface area contributed by atoms with Gasteiger partial charge in [0.15, 0.2) is 0 Å². The minimum absolute atomic E-state index is 0.805. The Morgan fingerprint density at radius 3 is 1.91 bits per heavy atom. The van der Waals surface area contributed by atoms with E-state index in [1.54, 1.807) is 0 Å². The average Bonchev–Trinajstić information content (AvgIpc) is 2.57. The maximum absolute atomic E-state index is 10.4. The van der Waals surface area contributed by atoms with E-state index in [4.69, 9.17) is 14.9 Å². The summed E-state index contributed by atoms with van der Waals surface area (Å²) >= 11 is 0. The van der Waals surface area contributed by atoms with Gasteiger partial charge in [0.05, 0.1) is 19.8 Å². The molecule has 0 aromatic rings. The van der Waals surface area contributed by atoms with E-state index in [0.29, 0.717) is 0 Å². The number of hydrogen-bond acceptors (Lipinski definition) is 11. The molecule has 0 aliphatic carbocycles. The minimum Gasteiger partial charge on any atom is -0.394 e. The number of rotatable bonds is 7. The second-order valence-corrected chi connectivity index (χ2v) is 5.58. The summed E-state index contributed by atoms with van der Waals surface area (Å²) in [5, 5.41) is 95.9. The molecule has 0 radical (unpaired) electrons. The first kappa shape index (κ1) is 20.6. The zero-order valence-corrected chi connectivity index (χ0v) is 12.1. The van der Waals surface area contributed by atoms with Gasteiger partial charge in [-0.15, -0.1) is 0 Å². The van der Waals surface area contributed by atoms with Gasteiger partial charge < -0.3 is 55.8 Å². The Balaban J connectivity index is 3.10. The summed E-state index contributed by atoms with van der Waals surface area (Å²) in [6.45, 7) is -3.04. The summed E-state index contributed by atoms with van der Waals surface area (Å²) in [7, 11) is 0. The van der Waals surface area contributed by atoms with E-state index in [1.165, 1.54) is 0 Å². The maximum atomic E-state index is 10.4. The van der Waals surface area contributed by atoms with Crippen molar-refractivity contribution in [1.82, 2.24) is 0 Å². The smallest absolute Gasteiger partial charge is 0.145 e. The first-order chi connectivity index (χ1) is 10.6. The molecule has 0 spiro atoms. The number of ether oxygens (including phenoxy) is 1. The Hall–Kier alpha value is -0.440. The molecule has 11 nitrogen and oxygen atoms in total. The third kappa shape index (κ3) is 3.81. The van der Waals surface area contributed by atoms with E-state index in [1.807, 2.05) is 0 Å². The van der Waals surface area contributed by atoms with E-state index in [2.05, 4.69) is 0 Å². The van der Waals surface area contributed by atoms with Crippen molar-refractivity contribution in [2.24, 2.45) is 0 Å². The molecule has 0 amide bonds. The van der Waals surface area contributed by atoms with Crippen LogP contribution in [0.1, 0.15) is 0 Å².